The molecule has 3 atom stereocenters. The molecule has 1 aromatic rings. The predicted octanol–water partition coefficient (Wildman–Crippen LogP) is 2.15. The Morgan fingerprint density at radius 2 is 2.00 bits per heavy atom. The van der Waals surface area contributed by atoms with Crippen LogP contribution >= 0.6 is 23.2 Å². The van der Waals surface area contributed by atoms with Crippen LogP contribution < -0.4 is 5.32 Å². The van der Waals surface area contributed by atoms with Crippen molar-refractivity contribution in [1.29, 1.82) is 0 Å². The number of amides is 3. The van der Waals surface area contributed by atoms with E-state index in [0.717, 1.165) is 25.0 Å². The number of benzene rings is 1. The number of carbonyl (C=O) groups excluding carboxylic acids is 2. The van der Waals surface area contributed by atoms with Crippen LogP contribution in [0.4, 0.5) is 4.79 Å². The molecule has 8 nitrogen and oxygen atoms in total. The van der Waals surface area contributed by atoms with Gasteiger partial charge in [-0.2, -0.15) is 0 Å². The van der Waals surface area contributed by atoms with E-state index in [1.54, 1.807) is 25.2 Å². The van der Waals surface area contributed by atoms with Gasteiger partial charge in [-0.3, -0.25) is 9.69 Å². The molecule has 1 aromatic carbocycles. The smallest absolute Gasteiger partial charge is 0.328 e. The third kappa shape index (κ3) is 3.76. The fourth-order valence-electron chi connectivity index (χ4n) is 3.91. The topological polar surface area (TPSA) is 77.5 Å². The molecule has 0 bridgehead atoms. The van der Waals surface area contributed by atoms with Gasteiger partial charge < -0.3 is 19.9 Å². The Labute approximate surface area is 179 Å². The molecule has 3 amide bonds. The number of halogens is 2. The van der Waals surface area contributed by atoms with Crippen LogP contribution in [-0.2, 0) is 16.1 Å². The zero-order valence-corrected chi connectivity index (χ0v) is 17.8. The van der Waals surface area contributed by atoms with Gasteiger partial charge in [0.1, 0.15) is 0 Å². The first-order valence-electron chi connectivity index (χ1n) is 9.54. The molecule has 0 radical (unpaired) electrons. The van der Waals surface area contributed by atoms with Gasteiger partial charge in [-0.25, -0.2) is 9.79 Å². The number of rotatable bonds is 3. The normalized spacial score (nSPS) is 27.2. The molecular weight excluding hydrogens is 417 g/mol. The number of ether oxygens (including phenoxy) is 1. The Morgan fingerprint density at radius 1 is 1.21 bits per heavy atom. The molecule has 3 aliphatic heterocycles. The van der Waals surface area contributed by atoms with Crippen molar-refractivity contribution < 1.29 is 14.3 Å². The number of aliphatic imine (C=N–C) groups is 1. The van der Waals surface area contributed by atoms with Crippen LogP contribution in [0.1, 0.15) is 18.4 Å². The number of urea groups is 1. The number of carbonyl (C=O) groups is 2. The summed E-state index contributed by atoms with van der Waals surface area (Å²) in [7, 11) is 3.48. The van der Waals surface area contributed by atoms with E-state index in [2.05, 4.69) is 10.3 Å². The quantitative estimate of drug-likeness (QED) is 0.780. The highest BCUT2D eigenvalue weighted by molar-refractivity contribution is 6.42. The molecule has 0 aliphatic carbocycles. The Morgan fingerprint density at radius 3 is 2.69 bits per heavy atom. The van der Waals surface area contributed by atoms with Gasteiger partial charge in [0, 0.05) is 20.7 Å². The van der Waals surface area contributed by atoms with Gasteiger partial charge in [0.15, 0.2) is 18.2 Å². The number of nitrogens with one attached hydrogen (secondary N) is 1. The summed E-state index contributed by atoms with van der Waals surface area (Å²) in [6.45, 7) is 1.49. The van der Waals surface area contributed by atoms with Crippen molar-refractivity contribution in [1.82, 2.24) is 20.0 Å². The Kier molecular flexibility index (Phi) is 5.59. The monoisotopic (exact) mass is 439 g/mol. The third-order valence-corrected chi connectivity index (χ3v) is 6.29. The molecule has 2 saturated heterocycles. The van der Waals surface area contributed by atoms with E-state index in [1.807, 2.05) is 11.9 Å². The van der Waals surface area contributed by atoms with Crippen LogP contribution in [0.2, 0.25) is 10.0 Å². The number of likely N-dealkylation sites (N-methyl/N-ethyl adjacent to an activating group) is 2. The zero-order valence-electron chi connectivity index (χ0n) is 16.3. The summed E-state index contributed by atoms with van der Waals surface area (Å²) in [6.07, 6.45) is 1.40. The summed E-state index contributed by atoms with van der Waals surface area (Å²) in [5.74, 6) is 0.326. The number of guanidine groups is 1. The highest BCUT2D eigenvalue weighted by atomic mass is 35.5. The van der Waals surface area contributed by atoms with Gasteiger partial charge in [0.25, 0.3) is 5.91 Å². The van der Waals surface area contributed by atoms with Crippen molar-refractivity contribution in [3.05, 3.63) is 33.8 Å². The van der Waals surface area contributed by atoms with Crippen LogP contribution in [0, 0.1) is 0 Å². The number of fused-ring (bicyclic) bond motifs is 1. The van der Waals surface area contributed by atoms with Crippen LogP contribution in [0.3, 0.4) is 0 Å². The fourth-order valence-corrected chi connectivity index (χ4v) is 4.23. The van der Waals surface area contributed by atoms with E-state index in [1.165, 1.54) is 9.80 Å². The van der Waals surface area contributed by atoms with Crippen molar-refractivity contribution in [2.45, 2.75) is 37.6 Å². The Hall–Kier alpha value is -2.03. The van der Waals surface area contributed by atoms with E-state index in [-0.39, 0.29) is 24.5 Å². The van der Waals surface area contributed by atoms with E-state index < -0.39 is 12.2 Å². The van der Waals surface area contributed by atoms with Crippen molar-refractivity contribution in [3.8, 4) is 0 Å². The SMILES string of the molecule is CN1C(=O)N(Cc2ccc(Cl)c(Cl)c2)C(=O)C2C1N=C(N[C@H]1CCCOC1)N2C. The summed E-state index contributed by atoms with van der Waals surface area (Å²) < 4.78 is 5.51. The average Bonchev–Trinajstić information content (AvgIpc) is 3.03. The maximum atomic E-state index is 13.2. The van der Waals surface area contributed by atoms with Crippen molar-refractivity contribution in [3.63, 3.8) is 0 Å². The van der Waals surface area contributed by atoms with Crippen molar-refractivity contribution in [2.75, 3.05) is 27.3 Å². The second kappa shape index (κ2) is 8.01. The lowest BCUT2D eigenvalue weighted by atomic mass is 10.1. The third-order valence-electron chi connectivity index (χ3n) is 5.56. The molecule has 2 fully saturated rings. The highest BCUT2D eigenvalue weighted by Gasteiger charge is 2.51. The number of nitrogens with zero attached hydrogens (tertiary/aromatic N) is 4. The van der Waals surface area contributed by atoms with Gasteiger partial charge >= 0.3 is 6.03 Å². The van der Waals surface area contributed by atoms with Crippen LogP contribution in [0.15, 0.2) is 23.2 Å². The van der Waals surface area contributed by atoms with Crippen molar-refractivity contribution in [2.24, 2.45) is 4.99 Å². The predicted molar refractivity (Wildman–Crippen MR) is 110 cm³/mol. The van der Waals surface area contributed by atoms with Crippen LogP contribution in [0.25, 0.3) is 0 Å². The molecule has 1 N–H and O–H groups in total. The zero-order chi connectivity index (χ0) is 20.7. The van der Waals surface area contributed by atoms with Crippen molar-refractivity contribution >= 4 is 41.1 Å². The minimum absolute atomic E-state index is 0.120. The molecule has 0 aromatic heterocycles. The van der Waals surface area contributed by atoms with Gasteiger partial charge in [-0.1, -0.05) is 29.3 Å². The molecule has 10 heteroatoms. The molecular formula is C19H23Cl2N5O3. The highest BCUT2D eigenvalue weighted by Crippen LogP contribution is 2.29. The number of hydrogen-bond acceptors (Lipinski definition) is 6. The number of imide groups is 1. The summed E-state index contributed by atoms with van der Waals surface area (Å²) in [5, 5.41) is 4.18. The molecule has 3 heterocycles. The lowest BCUT2D eigenvalue weighted by Gasteiger charge is -2.40. The summed E-state index contributed by atoms with van der Waals surface area (Å²) in [5.41, 5.74) is 0.729. The first-order valence-corrected chi connectivity index (χ1v) is 10.3. The standard InChI is InChI=1S/C19H23Cl2N5O3/c1-24-15-16(23-18(24)22-12-4-3-7-29-10-12)25(2)19(28)26(17(15)27)9-11-5-6-13(20)14(21)8-11/h5-6,8,12,15-16H,3-4,7,9-10H2,1-2H3,(H,22,23)/t12-,15?,16?/m0/s1. The number of hydrogen-bond donors (Lipinski definition) is 1. The molecule has 2 unspecified atom stereocenters. The fraction of sp³-hybridized carbons (Fsp3) is 0.526. The second-order valence-corrected chi connectivity index (χ2v) is 8.36. The Balaban J connectivity index is 1.53. The maximum Gasteiger partial charge on any atom is 0.328 e. The lowest BCUT2D eigenvalue weighted by molar-refractivity contribution is -0.137. The molecule has 3 aliphatic rings. The molecule has 29 heavy (non-hydrogen) atoms. The molecule has 156 valence electrons. The Bertz CT molecular complexity index is 858. The molecule has 0 saturated carbocycles. The van der Waals surface area contributed by atoms with E-state index >= 15 is 0 Å². The van der Waals surface area contributed by atoms with E-state index in [0.29, 0.717) is 22.6 Å². The van der Waals surface area contributed by atoms with Gasteiger partial charge in [-0.05, 0) is 30.5 Å². The van der Waals surface area contributed by atoms with Crippen LogP contribution in [0.5, 0.6) is 0 Å². The largest absolute Gasteiger partial charge is 0.379 e. The maximum absolute atomic E-state index is 13.2. The summed E-state index contributed by atoms with van der Waals surface area (Å²) >= 11 is 12.0. The first kappa shape index (κ1) is 20.3. The molecule has 0 spiro atoms. The minimum atomic E-state index is -0.576. The summed E-state index contributed by atoms with van der Waals surface area (Å²) in [4.78, 5) is 35.3. The second-order valence-electron chi connectivity index (χ2n) is 7.55. The molecule has 4 rings (SSSR count). The van der Waals surface area contributed by atoms with E-state index in [9.17, 15) is 9.59 Å². The van der Waals surface area contributed by atoms with Gasteiger partial charge in [0.05, 0.1) is 29.2 Å². The van der Waals surface area contributed by atoms with Gasteiger partial charge in [0.2, 0.25) is 0 Å². The first-order chi connectivity index (χ1) is 13.9. The van der Waals surface area contributed by atoms with Gasteiger partial charge in [-0.15, -0.1) is 0 Å². The summed E-state index contributed by atoms with van der Waals surface area (Å²) in [6, 6.07) is 4.26. The minimum Gasteiger partial charge on any atom is -0.379 e. The van der Waals surface area contributed by atoms with Crippen LogP contribution in [-0.4, -0.2) is 78.2 Å². The lowest BCUT2D eigenvalue weighted by Crippen LogP contribution is -2.64. The van der Waals surface area contributed by atoms with E-state index in [4.69, 9.17) is 27.9 Å². The average molecular weight is 440 g/mol.